The Morgan fingerprint density at radius 3 is 2.87 bits per heavy atom. The van der Waals surface area contributed by atoms with Gasteiger partial charge < -0.3 is 5.73 Å². The van der Waals surface area contributed by atoms with E-state index in [1.54, 1.807) is 11.3 Å². The lowest BCUT2D eigenvalue weighted by Crippen LogP contribution is -2.21. The molecule has 2 rings (SSSR count). The van der Waals surface area contributed by atoms with Crippen LogP contribution in [0.25, 0.3) is 0 Å². The molecule has 1 aromatic heterocycles. The van der Waals surface area contributed by atoms with Crippen molar-refractivity contribution in [3.05, 3.63) is 20.8 Å². The van der Waals surface area contributed by atoms with Crippen LogP contribution in [0.3, 0.4) is 0 Å². The van der Waals surface area contributed by atoms with Gasteiger partial charge in [-0.05, 0) is 40.2 Å². The Kier molecular flexibility index (Phi) is 3.81. The molecule has 1 saturated carbocycles. The van der Waals surface area contributed by atoms with Crippen molar-refractivity contribution in [3.8, 4) is 0 Å². The number of rotatable bonds is 3. The second-order valence-electron chi connectivity index (χ2n) is 3.91. The van der Waals surface area contributed by atoms with Gasteiger partial charge in [0, 0.05) is 15.3 Å². The van der Waals surface area contributed by atoms with Gasteiger partial charge in [-0.15, -0.1) is 11.3 Å². The summed E-state index contributed by atoms with van der Waals surface area (Å²) in [5.41, 5.74) is 5.98. The number of nitrogens with two attached hydrogens (primary N) is 1. The lowest BCUT2D eigenvalue weighted by Gasteiger charge is -2.07. The third-order valence-corrected chi connectivity index (χ3v) is 4.78. The Morgan fingerprint density at radius 2 is 2.27 bits per heavy atom. The molecule has 0 spiro atoms. The summed E-state index contributed by atoms with van der Waals surface area (Å²) in [7, 11) is 0. The summed E-state index contributed by atoms with van der Waals surface area (Å²) in [6, 6.07) is 2.06. The summed E-state index contributed by atoms with van der Waals surface area (Å²) in [6.45, 7) is 0.723. The van der Waals surface area contributed by atoms with E-state index in [-0.39, 0.29) is 0 Å². The molecule has 0 aliphatic heterocycles. The Morgan fingerprint density at radius 1 is 1.53 bits per heavy atom. The van der Waals surface area contributed by atoms with Crippen LogP contribution >= 0.6 is 27.3 Å². The fourth-order valence-electron chi connectivity index (χ4n) is 1.95. The van der Waals surface area contributed by atoms with Crippen LogP contribution in [0, 0.1) is 5.92 Å². The van der Waals surface area contributed by atoms with Crippen LogP contribution in [-0.4, -0.2) is 5.84 Å². The summed E-state index contributed by atoms with van der Waals surface area (Å²) in [4.78, 5) is 5.74. The summed E-state index contributed by atoms with van der Waals surface area (Å²) in [5.74, 6) is 1.40. The summed E-state index contributed by atoms with van der Waals surface area (Å²) in [6.07, 6.45) is 5.06. The van der Waals surface area contributed by atoms with Crippen LogP contribution in [0.4, 0.5) is 0 Å². The maximum Gasteiger partial charge on any atom is 0.0972 e. The lowest BCUT2D eigenvalue weighted by molar-refractivity contribution is 0.716. The van der Waals surface area contributed by atoms with E-state index in [4.69, 9.17) is 5.73 Å². The van der Waals surface area contributed by atoms with Gasteiger partial charge in [-0.1, -0.05) is 12.8 Å². The number of amidine groups is 1. The first-order valence-electron chi connectivity index (χ1n) is 5.29. The molecule has 0 saturated heterocycles. The molecule has 0 atom stereocenters. The van der Waals surface area contributed by atoms with E-state index >= 15 is 0 Å². The summed E-state index contributed by atoms with van der Waals surface area (Å²) in [5, 5.41) is 2.07. The van der Waals surface area contributed by atoms with E-state index in [2.05, 4.69) is 32.4 Å². The van der Waals surface area contributed by atoms with Crippen molar-refractivity contribution in [2.75, 3.05) is 0 Å². The van der Waals surface area contributed by atoms with Gasteiger partial charge in [-0.3, -0.25) is 4.99 Å². The zero-order chi connectivity index (χ0) is 10.7. The number of hydrogen-bond donors (Lipinski definition) is 1. The minimum absolute atomic E-state index is 0.545. The Labute approximate surface area is 103 Å². The minimum Gasteiger partial charge on any atom is -0.387 e. The van der Waals surface area contributed by atoms with Crippen LogP contribution in [0.15, 0.2) is 20.9 Å². The number of halogens is 1. The van der Waals surface area contributed by atoms with E-state index in [1.165, 1.54) is 30.6 Å². The molecule has 1 fully saturated rings. The normalized spacial score (nSPS) is 18.6. The fraction of sp³-hybridized carbons (Fsp3) is 0.545. The van der Waals surface area contributed by atoms with Crippen molar-refractivity contribution in [3.63, 3.8) is 0 Å². The SMILES string of the molecule is NC(=NCc1sccc1Br)C1CCCC1. The molecule has 2 nitrogen and oxygen atoms in total. The van der Waals surface area contributed by atoms with Crippen LogP contribution in [0.2, 0.25) is 0 Å². The van der Waals surface area contributed by atoms with E-state index in [9.17, 15) is 0 Å². The molecule has 0 amide bonds. The molecule has 0 radical (unpaired) electrons. The number of hydrogen-bond acceptors (Lipinski definition) is 2. The maximum atomic E-state index is 5.98. The number of aliphatic imine (C=N–C) groups is 1. The maximum absolute atomic E-state index is 5.98. The van der Waals surface area contributed by atoms with Crippen molar-refractivity contribution < 1.29 is 0 Å². The average molecular weight is 287 g/mol. The van der Waals surface area contributed by atoms with Gasteiger partial charge in [-0.2, -0.15) is 0 Å². The monoisotopic (exact) mass is 286 g/mol. The zero-order valence-corrected chi connectivity index (χ0v) is 11.0. The Bertz CT molecular complexity index is 353. The highest BCUT2D eigenvalue weighted by molar-refractivity contribution is 9.10. The molecule has 4 heteroatoms. The van der Waals surface area contributed by atoms with Crippen LogP contribution in [-0.2, 0) is 6.54 Å². The van der Waals surface area contributed by atoms with Crippen molar-refractivity contribution >= 4 is 33.1 Å². The predicted molar refractivity (Wildman–Crippen MR) is 69.3 cm³/mol. The van der Waals surface area contributed by atoms with Gasteiger partial charge in [-0.25, -0.2) is 0 Å². The summed E-state index contributed by atoms with van der Waals surface area (Å²) >= 11 is 5.22. The minimum atomic E-state index is 0.545. The molecular formula is C11H15BrN2S. The van der Waals surface area contributed by atoms with Crippen molar-refractivity contribution in [2.24, 2.45) is 16.6 Å². The molecule has 0 unspecified atom stereocenters. The molecule has 0 aromatic carbocycles. The van der Waals surface area contributed by atoms with E-state index < -0.39 is 0 Å². The van der Waals surface area contributed by atoms with E-state index in [0.29, 0.717) is 5.92 Å². The van der Waals surface area contributed by atoms with Crippen molar-refractivity contribution in [1.29, 1.82) is 0 Å². The highest BCUT2D eigenvalue weighted by atomic mass is 79.9. The predicted octanol–water partition coefficient (Wildman–Crippen LogP) is 3.56. The smallest absolute Gasteiger partial charge is 0.0972 e. The van der Waals surface area contributed by atoms with Crippen LogP contribution in [0.5, 0.6) is 0 Å². The third-order valence-electron chi connectivity index (χ3n) is 2.87. The van der Waals surface area contributed by atoms with Gasteiger partial charge in [0.15, 0.2) is 0 Å². The van der Waals surface area contributed by atoms with Gasteiger partial charge in [0.2, 0.25) is 0 Å². The number of thiophene rings is 1. The third kappa shape index (κ3) is 2.82. The van der Waals surface area contributed by atoms with E-state index in [0.717, 1.165) is 16.9 Å². The topological polar surface area (TPSA) is 38.4 Å². The first kappa shape index (κ1) is 11.1. The second kappa shape index (κ2) is 5.12. The van der Waals surface area contributed by atoms with Gasteiger partial charge in [0.25, 0.3) is 0 Å². The molecule has 1 aliphatic rings. The summed E-state index contributed by atoms with van der Waals surface area (Å²) < 4.78 is 1.15. The van der Waals surface area contributed by atoms with Gasteiger partial charge >= 0.3 is 0 Å². The Hall–Kier alpha value is -0.350. The highest BCUT2D eigenvalue weighted by Gasteiger charge is 2.18. The Balaban J connectivity index is 1.95. The molecule has 1 heterocycles. The zero-order valence-electron chi connectivity index (χ0n) is 8.58. The van der Waals surface area contributed by atoms with Crippen LogP contribution in [0.1, 0.15) is 30.6 Å². The quantitative estimate of drug-likeness (QED) is 0.670. The molecule has 82 valence electrons. The molecule has 0 bridgehead atoms. The average Bonchev–Trinajstić information content (AvgIpc) is 2.85. The van der Waals surface area contributed by atoms with Crippen molar-refractivity contribution in [2.45, 2.75) is 32.2 Å². The second-order valence-corrected chi connectivity index (χ2v) is 5.77. The first-order valence-corrected chi connectivity index (χ1v) is 6.96. The lowest BCUT2D eigenvalue weighted by atomic mass is 10.1. The standard InChI is InChI=1S/C11H15BrN2S/c12-9-5-6-15-10(9)7-14-11(13)8-3-1-2-4-8/h5-6,8H,1-4,7H2,(H2,13,14). The van der Waals surface area contributed by atoms with Gasteiger partial charge in [0.1, 0.15) is 0 Å². The molecule has 1 aliphatic carbocycles. The van der Waals surface area contributed by atoms with Crippen molar-refractivity contribution in [1.82, 2.24) is 0 Å². The van der Waals surface area contributed by atoms with Gasteiger partial charge in [0.05, 0.1) is 12.4 Å². The van der Waals surface area contributed by atoms with Crippen LogP contribution < -0.4 is 5.73 Å². The first-order chi connectivity index (χ1) is 7.27. The molecular weight excluding hydrogens is 272 g/mol. The van der Waals surface area contributed by atoms with E-state index in [1.807, 2.05) is 0 Å². The largest absolute Gasteiger partial charge is 0.387 e. The number of nitrogens with zero attached hydrogens (tertiary/aromatic N) is 1. The fourth-order valence-corrected chi connectivity index (χ4v) is 3.35. The molecule has 1 aromatic rings. The molecule has 2 N–H and O–H groups in total. The molecule has 15 heavy (non-hydrogen) atoms. The highest BCUT2D eigenvalue weighted by Crippen LogP contribution is 2.26.